The summed E-state index contributed by atoms with van der Waals surface area (Å²) >= 11 is 1.63. The van der Waals surface area contributed by atoms with Gasteiger partial charge in [0, 0.05) is 17.5 Å². The molecule has 0 atom stereocenters. The number of nitrogens with one attached hydrogen (secondary N) is 1. The van der Waals surface area contributed by atoms with Crippen LogP contribution in [0.3, 0.4) is 0 Å². The fraction of sp³-hybridized carbons (Fsp3) is 0.185. The minimum Gasteiger partial charge on any atom is -0.482 e. The number of aromatic nitrogens is 1. The normalized spacial score (nSPS) is 13.4. The van der Waals surface area contributed by atoms with Crippen LogP contribution in [0, 0.1) is 13.8 Å². The van der Waals surface area contributed by atoms with Gasteiger partial charge in [0.05, 0.1) is 17.1 Å². The number of thiazole rings is 1. The number of anilines is 1. The number of fused-ring (bicyclic) bond motifs is 1. The fourth-order valence-corrected chi connectivity index (χ4v) is 5.01. The van der Waals surface area contributed by atoms with E-state index in [0.717, 1.165) is 45.8 Å². The third-order valence-corrected chi connectivity index (χ3v) is 6.68. The van der Waals surface area contributed by atoms with Crippen LogP contribution in [-0.2, 0) is 17.8 Å². The first kappa shape index (κ1) is 21.2. The maximum atomic E-state index is 11.8. The monoisotopic (exact) mass is 455 g/mol. The maximum Gasteiger partial charge on any atom is 0.262 e. The topological polar surface area (TPSA) is 55.6 Å². The molecule has 0 unspecified atom stereocenters. The van der Waals surface area contributed by atoms with Gasteiger partial charge in [-0.3, -0.25) is 4.79 Å². The first-order valence-electron chi connectivity index (χ1n) is 11.0. The van der Waals surface area contributed by atoms with Crippen molar-refractivity contribution < 1.29 is 9.53 Å². The summed E-state index contributed by atoms with van der Waals surface area (Å²) < 4.78 is 7.81. The highest BCUT2D eigenvalue weighted by Crippen LogP contribution is 2.33. The summed E-state index contributed by atoms with van der Waals surface area (Å²) in [6, 6.07) is 22.7. The molecule has 3 aromatic carbocycles. The molecule has 2 heterocycles. The van der Waals surface area contributed by atoms with E-state index >= 15 is 0 Å². The number of carbonyl (C=O) groups excluding carboxylic acids is 1. The van der Waals surface area contributed by atoms with Crippen LogP contribution in [0.4, 0.5) is 11.4 Å². The molecule has 0 saturated carbocycles. The zero-order chi connectivity index (χ0) is 22.8. The smallest absolute Gasteiger partial charge is 0.262 e. The quantitative estimate of drug-likeness (QED) is 0.423. The Kier molecular flexibility index (Phi) is 5.84. The number of benzene rings is 3. The van der Waals surface area contributed by atoms with Crippen LogP contribution in [0.25, 0.3) is 11.3 Å². The molecule has 4 aromatic rings. The standard InChI is InChI=1S/C27H25N3O2S/c1-18-7-6-8-19(2)26(18)29-27-30(14-13-20-9-4-3-5-10-20)23(17-33-27)21-11-12-24-22(15-21)28-25(31)16-32-24/h3-12,15,17H,13-14,16H2,1-2H3,(H,28,31). The average Bonchev–Trinajstić information content (AvgIpc) is 3.22. The van der Waals surface area contributed by atoms with E-state index in [1.54, 1.807) is 11.3 Å². The first-order valence-corrected chi connectivity index (χ1v) is 11.9. The lowest BCUT2D eigenvalue weighted by Crippen LogP contribution is -2.25. The van der Waals surface area contributed by atoms with Gasteiger partial charge in [0.1, 0.15) is 5.75 Å². The molecule has 0 radical (unpaired) electrons. The van der Waals surface area contributed by atoms with E-state index in [1.807, 2.05) is 24.3 Å². The Morgan fingerprint density at radius 2 is 1.82 bits per heavy atom. The van der Waals surface area contributed by atoms with Crippen molar-refractivity contribution in [3.05, 3.63) is 93.6 Å². The number of hydrogen-bond donors (Lipinski definition) is 1. The number of carbonyl (C=O) groups is 1. The van der Waals surface area contributed by atoms with Gasteiger partial charge in [0.25, 0.3) is 5.91 Å². The molecule has 0 spiro atoms. The zero-order valence-corrected chi connectivity index (χ0v) is 19.5. The Labute approximate surface area is 197 Å². The zero-order valence-electron chi connectivity index (χ0n) is 18.7. The Balaban J connectivity index is 1.60. The molecule has 5 rings (SSSR count). The van der Waals surface area contributed by atoms with Crippen molar-refractivity contribution in [2.75, 3.05) is 11.9 Å². The number of nitrogens with zero attached hydrogens (tertiary/aromatic N) is 2. The van der Waals surface area contributed by atoms with E-state index in [4.69, 9.17) is 9.73 Å². The summed E-state index contributed by atoms with van der Waals surface area (Å²) in [6.07, 6.45) is 0.898. The maximum absolute atomic E-state index is 11.8. The van der Waals surface area contributed by atoms with E-state index in [9.17, 15) is 4.79 Å². The van der Waals surface area contributed by atoms with Crippen molar-refractivity contribution in [3.63, 3.8) is 0 Å². The molecule has 6 heteroatoms. The summed E-state index contributed by atoms with van der Waals surface area (Å²) in [5.41, 5.74) is 7.42. The second-order valence-corrected chi connectivity index (χ2v) is 9.03. The van der Waals surface area contributed by atoms with Crippen molar-refractivity contribution in [2.24, 2.45) is 4.99 Å². The van der Waals surface area contributed by atoms with E-state index in [1.165, 1.54) is 5.56 Å². The Hall–Kier alpha value is -3.64. The Morgan fingerprint density at radius 1 is 1.03 bits per heavy atom. The van der Waals surface area contributed by atoms with Crippen LogP contribution < -0.4 is 14.9 Å². The molecule has 1 aliphatic rings. The lowest BCUT2D eigenvalue weighted by atomic mass is 10.1. The molecular formula is C27H25N3O2S. The predicted octanol–water partition coefficient (Wildman–Crippen LogP) is 5.64. The van der Waals surface area contributed by atoms with Gasteiger partial charge in [-0.1, -0.05) is 48.5 Å². The second-order valence-electron chi connectivity index (χ2n) is 8.19. The highest BCUT2D eigenvalue weighted by molar-refractivity contribution is 7.07. The van der Waals surface area contributed by atoms with E-state index in [0.29, 0.717) is 11.4 Å². The summed E-state index contributed by atoms with van der Waals surface area (Å²) in [7, 11) is 0. The van der Waals surface area contributed by atoms with Gasteiger partial charge in [0.15, 0.2) is 11.4 Å². The van der Waals surface area contributed by atoms with Gasteiger partial charge in [-0.25, -0.2) is 4.99 Å². The number of hydrogen-bond acceptors (Lipinski definition) is 4. The number of ether oxygens (including phenoxy) is 1. The first-order chi connectivity index (χ1) is 16.1. The Bertz CT molecular complexity index is 1370. The van der Waals surface area contributed by atoms with Crippen LogP contribution in [0.5, 0.6) is 5.75 Å². The lowest BCUT2D eigenvalue weighted by molar-refractivity contribution is -0.118. The van der Waals surface area contributed by atoms with Gasteiger partial charge < -0.3 is 14.6 Å². The molecule has 166 valence electrons. The minimum atomic E-state index is -0.132. The fourth-order valence-electron chi connectivity index (χ4n) is 4.07. The van der Waals surface area contributed by atoms with Crippen LogP contribution in [0.2, 0.25) is 0 Å². The minimum absolute atomic E-state index is 0.0562. The molecule has 1 amide bonds. The van der Waals surface area contributed by atoms with Crippen LogP contribution in [-0.4, -0.2) is 17.1 Å². The summed E-state index contributed by atoms with van der Waals surface area (Å²) in [5, 5.41) is 5.06. The summed E-state index contributed by atoms with van der Waals surface area (Å²) in [6.45, 7) is 5.05. The van der Waals surface area contributed by atoms with Crippen molar-refractivity contribution in [3.8, 4) is 17.0 Å². The van der Waals surface area contributed by atoms with Gasteiger partial charge in [-0.2, -0.15) is 0 Å². The lowest BCUT2D eigenvalue weighted by Gasteiger charge is -2.19. The molecular weight excluding hydrogens is 430 g/mol. The van der Waals surface area contributed by atoms with E-state index in [-0.39, 0.29) is 12.5 Å². The van der Waals surface area contributed by atoms with Crippen molar-refractivity contribution >= 4 is 28.6 Å². The molecule has 0 aliphatic carbocycles. The molecule has 1 N–H and O–H groups in total. The van der Waals surface area contributed by atoms with Gasteiger partial charge in [0.2, 0.25) is 0 Å². The second kappa shape index (κ2) is 9.08. The Morgan fingerprint density at radius 3 is 2.61 bits per heavy atom. The summed E-state index contributed by atoms with van der Waals surface area (Å²) in [5.74, 6) is 0.567. The van der Waals surface area contributed by atoms with E-state index in [2.05, 4.69) is 71.6 Å². The van der Waals surface area contributed by atoms with Gasteiger partial charge >= 0.3 is 0 Å². The highest BCUT2D eigenvalue weighted by atomic mass is 32.1. The molecule has 33 heavy (non-hydrogen) atoms. The molecule has 1 aliphatic heterocycles. The van der Waals surface area contributed by atoms with Crippen LogP contribution in [0.15, 0.2) is 77.1 Å². The highest BCUT2D eigenvalue weighted by Gasteiger charge is 2.18. The molecule has 5 nitrogen and oxygen atoms in total. The van der Waals surface area contributed by atoms with Gasteiger partial charge in [-0.15, -0.1) is 11.3 Å². The van der Waals surface area contributed by atoms with Crippen molar-refractivity contribution in [2.45, 2.75) is 26.8 Å². The third-order valence-electron chi connectivity index (χ3n) is 5.82. The molecule has 1 aromatic heterocycles. The number of rotatable bonds is 5. The number of aryl methyl sites for hydroxylation is 3. The average molecular weight is 456 g/mol. The number of para-hydroxylation sites is 1. The molecule has 0 saturated heterocycles. The SMILES string of the molecule is Cc1cccc(C)c1N=c1scc(-c2ccc3c(c2)NC(=O)CO3)n1CCc1ccccc1. The van der Waals surface area contributed by atoms with Crippen molar-refractivity contribution in [1.29, 1.82) is 0 Å². The predicted molar refractivity (Wildman–Crippen MR) is 133 cm³/mol. The van der Waals surface area contributed by atoms with Crippen molar-refractivity contribution in [1.82, 2.24) is 4.57 Å². The van der Waals surface area contributed by atoms with Gasteiger partial charge in [-0.05, 0) is 55.2 Å². The molecule has 0 fully saturated rings. The molecule has 0 bridgehead atoms. The summed E-state index contributed by atoms with van der Waals surface area (Å²) in [4.78, 5) is 17.9. The number of amides is 1. The third kappa shape index (κ3) is 4.47. The van der Waals surface area contributed by atoms with Crippen LogP contribution >= 0.6 is 11.3 Å². The van der Waals surface area contributed by atoms with Crippen LogP contribution in [0.1, 0.15) is 16.7 Å². The van der Waals surface area contributed by atoms with E-state index < -0.39 is 0 Å². The largest absolute Gasteiger partial charge is 0.482 e.